The molecular weight excluding hydrogens is 250 g/mol. The monoisotopic (exact) mass is 269 g/mol. The lowest BCUT2D eigenvalue weighted by Gasteiger charge is -2.27. The van der Waals surface area contributed by atoms with Crippen LogP contribution in [-0.2, 0) is 4.74 Å². The number of carbonyl (C=O) groups excluding carboxylic acids is 1. The maximum Gasteiger partial charge on any atom is 0.152 e. The molecule has 1 rings (SSSR count). The normalized spacial score (nSPS) is 10.7. The minimum atomic E-state index is 0.500. The second-order valence-electron chi connectivity index (χ2n) is 4.65. The van der Waals surface area contributed by atoms with Crippen molar-refractivity contribution in [1.82, 2.24) is 0 Å². The Morgan fingerprint density at radius 1 is 1.44 bits per heavy atom. The minimum absolute atomic E-state index is 0.500. The van der Waals surface area contributed by atoms with Crippen molar-refractivity contribution in [3.63, 3.8) is 0 Å². The lowest BCUT2D eigenvalue weighted by Crippen LogP contribution is -2.31. The topological polar surface area (TPSA) is 29.5 Å². The van der Waals surface area contributed by atoms with Crippen LogP contribution in [0.15, 0.2) is 18.2 Å². The van der Waals surface area contributed by atoms with Gasteiger partial charge in [0.25, 0.3) is 0 Å². The van der Waals surface area contributed by atoms with Crippen LogP contribution in [0.25, 0.3) is 0 Å². The first kappa shape index (κ1) is 15.0. The second-order valence-corrected chi connectivity index (χ2v) is 5.09. The largest absolute Gasteiger partial charge is 0.383 e. The zero-order valence-electron chi connectivity index (χ0n) is 11.1. The number of carbonyl (C=O) groups is 1. The van der Waals surface area contributed by atoms with Crippen LogP contribution in [0.5, 0.6) is 0 Å². The van der Waals surface area contributed by atoms with E-state index in [0.717, 1.165) is 25.1 Å². The van der Waals surface area contributed by atoms with Crippen LogP contribution < -0.4 is 4.90 Å². The van der Waals surface area contributed by atoms with Gasteiger partial charge in [-0.15, -0.1) is 0 Å². The smallest absolute Gasteiger partial charge is 0.152 e. The Kier molecular flexibility index (Phi) is 6.16. The van der Waals surface area contributed by atoms with Crippen LogP contribution in [-0.4, -0.2) is 33.1 Å². The molecule has 0 aromatic heterocycles. The number of methoxy groups -OCH3 is 1. The third-order valence-electron chi connectivity index (χ3n) is 2.61. The van der Waals surface area contributed by atoms with Crippen LogP contribution in [0, 0.1) is 5.92 Å². The molecule has 1 aromatic carbocycles. The molecule has 0 radical (unpaired) electrons. The van der Waals surface area contributed by atoms with Crippen molar-refractivity contribution >= 4 is 23.6 Å². The average Bonchev–Trinajstić information content (AvgIpc) is 2.34. The van der Waals surface area contributed by atoms with Gasteiger partial charge in [0.15, 0.2) is 6.29 Å². The van der Waals surface area contributed by atoms with E-state index in [4.69, 9.17) is 16.3 Å². The van der Waals surface area contributed by atoms with Gasteiger partial charge in [0, 0.05) is 36.5 Å². The van der Waals surface area contributed by atoms with E-state index in [0.29, 0.717) is 23.1 Å². The zero-order chi connectivity index (χ0) is 13.5. The van der Waals surface area contributed by atoms with E-state index >= 15 is 0 Å². The van der Waals surface area contributed by atoms with Crippen molar-refractivity contribution in [3.8, 4) is 0 Å². The molecule has 0 unspecified atom stereocenters. The summed E-state index contributed by atoms with van der Waals surface area (Å²) < 4.78 is 5.12. The molecule has 0 aliphatic heterocycles. The number of ether oxygens (including phenoxy) is 1. The molecule has 0 fully saturated rings. The lowest BCUT2D eigenvalue weighted by molar-refractivity contribution is 0.112. The lowest BCUT2D eigenvalue weighted by atomic mass is 10.1. The summed E-state index contributed by atoms with van der Waals surface area (Å²) in [4.78, 5) is 13.2. The number of hydrogen-bond acceptors (Lipinski definition) is 3. The minimum Gasteiger partial charge on any atom is -0.383 e. The van der Waals surface area contributed by atoms with Crippen molar-refractivity contribution in [2.45, 2.75) is 13.8 Å². The van der Waals surface area contributed by atoms with Gasteiger partial charge in [0.1, 0.15) is 0 Å². The molecule has 0 atom stereocenters. The molecule has 3 nitrogen and oxygen atoms in total. The molecule has 1 aromatic rings. The molecular formula is C14H20ClNO2. The zero-order valence-corrected chi connectivity index (χ0v) is 11.9. The summed E-state index contributed by atoms with van der Waals surface area (Å²) in [5.74, 6) is 0.500. The van der Waals surface area contributed by atoms with Crippen molar-refractivity contribution in [2.24, 2.45) is 5.92 Å². The van der Waals surface area contributed by atoms with Gasteiger partial charge in [-0.1, -0.05) is 25.4 Å². The van der Waals surface area contributed by atoms with E-state index in [1.54, 1.807) is 19.2 Å². The van der Waals surface area contributed by atoms with Crippen LogP contribution in [0.4, 0.5) is 5.69 Å². The van der Waals surface area contributed by atoms with Gasteiger partial charge in [-0.2, -0.15) is 0 Å². The third kappa shape index (κ3) is 4.31. The molecule has 0 bridgehead atoms. The molecule has 0 saturated heterocycles. The Labute approximate surface area is 114 Å². The summed E-state index contributed by atoms with van der Waals surface area (Å²) >= 11 is 6.01. The number of hydrogen-bond donors (Lipinski definition) is 0. The van der Waals surface area contributed by atoms with Gasteiger partial charge in [0.05, 0.1) is 6.61 Å². The molecule has 0 heterocycles. The van der Waals surface area contributed by atoms with Crippen LogP contribution in [0.1, 0.15) is 24.2 Å². The molecule has 100 valence electrons. The van der Waals surface area contributed by atoms with E-state index in [2.05, 4.69) is 18.7 Å². The highest BCUT2D eigenvalue weighted by Crippen LogP contribution is 2.24. The van der Waals surface area contributed by atoms with E-state index in [9.17, 15) is 4.79 Å². The second kappa shape index (κ2) is 7.39. The first-order valence-electron chi connectivity index (χ1n) is 6.07. The number of benzene rings is 1. The van der Waals surface area contributed by atoms with Gasteiger partial charge in [-0.3, -0.25) is 4.79 Å². The first-order valence-corrected chi connectivity index (χ1v) is 6.45. The summed E-state index contributed by atoms with van der Waals surface area (Å²) in [6.07, 6.45) is 0.867. The number of aldehydes is 1. The Balaban J connectivity index is 3.01. The van der Waals surface area contributed by atoms with Crippen LogP contribution >= 0.6 is 11.6 Å². The highest BCUT2D eigenvalue weighted by molar-refractivity contribution is 6.31. The van der Waals surface area contributed by atoms with Gasteiger partial charge in [-0.05, 0) is 24.1 Å². The Hall–Kier alpha value is -1.06. The molecule has 18 heavy (non-hydrogen) atoms. The number of nitrogens with zero attached hydrogens (tertiary/aromatic N) is 1. The fraction of sp³-hybridized carbons (Fsp3) is 0.500. The standard InChI is InChI=1S/C14H20ClNO2/c1-11(2)9-16(6-7-18-3)14-8-13(15)5-4-12(14)10-17/h4-5,8,10-11H,6-7,9H2,1-3H3. The number of anilines is 1. The molecule has 0 N–H and O–H groups in total. The molecule has 0 spiro atoms. The summed E-state index contributed by atoms with van der Waals surface area (Å²) in [5.41, 5.74) is 1.54. The Morgan fingerprint density at radius 2 is 2.17 bits per heavy atom. The predicted octanol–water partition coefficient (Wildman–Crippen LogP) is 3.26. The maximum atomic E-state index is 11.1. The van der Waals surface area contributed by atoms with Gasteiger partial charge >= 0.3 is 0 Å². The fourth-order valence-corrected chi connectivity index (χ4v) is 2.01. The average molecular weight is 270 g/mol. The first-order chi connectivity index (χ1) is 8.58. The Bertz CT molecular complexity index is 393. The summed E-state index contributed by atoms with van der Waals surface area (Å²) in [7, 11) is 1.67. The van der Waals surface area contributed by atoms with Crippen molar-refractivity contribution < 1.29 is 9.53 Å². The van der Waals surface area contributed by atoms with Crippen molar-refractivity contribution in [2.75, 3.05) is 31.7 Å². The highest BCUT2D eigenvalue weighted by Gasteiger charge is 2.13. The summed E-state index contributed by atoms with van der Waals surface area (Å²) in [6, 6.07) is 5.33. The van der Waals surface area contributed by atoms with Gasteiger partial charge in [-0.25, -0.2) is 0 Å². The van der Waals surface area contributed by atoms with E-state index < -0.39 is 0 Å². The van der Waals surface area contributed by atoms with Crippen LogP contribution in [0.2, 0.25) is 5.02 Å². The summed E-state index contributed by atoms with van der Waals surface area (Å²) in [6.45, 7) is 6.52. The third-order valence-corrected chi connectivity index (χ3v) is 2.85. The molecule has 0 saturated carbocycles. The van der Waals surface area contributed by atoms with E-state index in [1.807, 2.05) is 6.07 Å². The van der Waals surface area contributed by atoms with Gasteiger partial charge in [0.2, 0.25) is 0 Å². The molecule has 0 aliphatic rings. The quantitative estimate of drug-likeness (QED) is 0.712. The maximum absolute atomic E-state index is 11.1. The van der Waals surface area contributed by atoms with E-state index in [1.165, 1.54) is 0 Å². The molecule has 0 aliphatic carbocycles. The summed E-state index contributed by atoms with van der Waals surface area (Å²) in [5, 5.41) is 0.641. The molecule has 0 amide bonds. The SMILES string of the molecule is COCCN(CC(C)C)c1cc(Cl)ccc1C=O. The Morgan fingerprint density at radius 3 is 2.72 bits per heavy atom. The van der Waals surface area contributed by atoms with Crippen LogP contribution in [0.3, 0.4) is 0 Å². The van der Waals surface area contributed by atoms with Crippen molar-refractivity contribution in [3.05, 3.63) is 28.8 Å². The predicted molar refractivity (Wildman–Crippen MR) is 75.8 cm³/mol. The van der Waals surface area contributed by atoms with Gasteiger partial charge < -0.3 is 9.64 Å². The fourth-order valence-electron chi connectivity index (χ4n) is 1.84. The van der Waals surface area contributed by atoms with E-state index in [-0.39, 0.29) is 0 Å². The number of halogens is 1. The van der Waals surface area contributed by atoms with Crippen molar-refractivity contribution in [1.29, 1.82) is 0 Å². The molecule has 4 heteroatoms. The number of rotatable bonds is 7. The highest BCUT2D eigenvalue weighted by atomic mass is 35.5.